The van der Waals surface area contributed by atoms with Crippen LogP contribution in [0.5, 0.6) is 0 Å². The summed E-state index contributed by atoms with van der Waals surface area (Å²) in [6, 6.07) is 0.697. The van der Waals surface area contributed by atoms with Crippen molar-refractivity contribution in [2.24, 2.45) is 0 Å². The van der Waals surface area contributed by atoms with Crippen LogP contribution >= 0.6 is 0 Å². The van der Waals surface area contributed by atoms with E-state index in [1.54, 1.807) is 0 Å². The number of nitrogens with zero attached hydrogens (tertiary/aromatic N) is 2. The molecule has 0 saturated heterocycles. The standard InChI is InChI=1S/C6H5F4N3/c7-4(8)6(9,10)3-1-2-12-5(11)13-3/h1-2,4H,(H2,11,12,13). The Labute approximate surface area is 70.6 Å². The fourth-order valence-corrected chi connectivity index (χ4v) is 0.671. The van der Waals surface area contributed by atoms with Crippen LogP contribution in [0.15, 0.2) is 12.3 Å². The van der Waals surface area contributed by atoms with E-state index in [-0.39, 0.29) is 0 Å². The Morgan fingerprint density at radius 1 is 1.38 bits per heavy atom. The van der Waals surface area contributed by atoms with Crippen molar-refractivity contribution >= 4 is 5.95 Å². The number of halogens is 4. The van der Waals surface area contributed by atoms with Crippen LogP contribution in [0, 0.1) is 0 Å². The maximum atomic E-state index is 12.6. The molecule has 0 spiro atoms. The molecular formula is C6H5F4N3. The van der Waals surface area contributed by atoms with Gasteiger partial charge >= 0.3 is 12.3 Å². The first-order valence-electron chi connectivity index (χ1n) is 3.19. The zero-order chi connectivity index (χ0) is 10.1. The van der Waals surface area contributed by atoms with Crippen LogP contribution in [0.1, 0.15) is 5.69 Å². The van der Waals surface area contributed by atoms with Gasteiger partial charge in [-0.2, -0.15) is 8.78 Å². The molecule has 13 heavy (non-hydrogen) atoms. The molecule has 1 rings (SSSR count). The van der Waals surface area contributed by atoms with Gasteiger partial charge in [-0.3, -0.25) is 0 Å². The maximum Gasteiger partial charge on any atom is 0.349 e. The van der Waals surface area contributed by atoms with E-state index in [0.29, 0.717) is 6.07 Å². The zero-order valence-electron chi connectivity index (χ0n) is 6.22. The first-order chi connectivity index (χ1) is 5.94. The molecular weight excluding hydrogens is 190 g/mol. The number of nitrogen functional groups attached to an aromatic ring is 1. The van der Waals surface area contributed by atoms with Gasteiger partial charge in [0.2, 0.25) is 5.95 Å². The van der Waals surface area contributed by atoms with Crippen molar-refractivity contribution in [3.05, 3.63) is 18.0 Å². The molecule has 1 heterocycles. The summed E-state index contributed by atoms with van der Waals surface area (Å²) in [5.41, 5.74) is 3.88. The van der Waals surface area contributed by atoms with Gasteiger partial charge in [-0.1, -0.05) is 0 Å². The molecule has 0 aliphatic rings. The third kappa shape index (κ3) is 1.85. The summed E-state index contributed by atoms with van der Waals surface area (Å²) < 4.78 is 48.7. The number of nitrogens with two attached hydrogens (primary N) is 1. The van der Waals surface area contributed by atoms with E-state index in [2.05, 4.69) is 9.97 Å². The second-order valence-electron chi connectivity index (χ2n) is 2.22. The molecule has 1 aromatic rings. The molecule has 0 fully saturated rings. The number of aromatic nitrogens is 2. The van der Waals surface area contributed by atoms with Crippen molar-refractivity contribution in [2.75, 3.05) is 5.73 Å². The molecule has 0 bridgehead atoms. The van der Waals surface area contributed by atoms with E-state index in [1.165, 1.54) is 0 Å². The summed E-state index contributed by atoms with van der Waals surface area (Å²) >= 11 is 0. The van der Waals surface area contributed by atoms with Crippen LogP contribution in [-0.4, -0.2) is 16.4 Å². The minimum Gasteiger partial charge on any atom is -0.368 e. The lowest BCUT2D eigenvalue weighted by Gasteiger charge is -2.13. The van der Waals surface area contributed by atoms with Gasteiger partial charge in [-0.15, -0.1) is 0 Å². The maximum absolute atomic E-state index is 12.6. The highest BCUT2D eigenvalue weighted by Gasteiger charge is 2.44. The predicted molar refractivity (Wildman–Crippen MR) is 36.3 cm³/mol. The Morgan fingerprint density at radius 2 is 2.00 bits per heavy atom. The van der Waals surface area contributed by atoms with Gasteiger partial charge in [0, 0.05) is 6.20 Å². The highest BCUT2D eigenvalue weighted by atomic mass is 19.3. The first kappa shape index (κ1) is 9.69. The van der Waals surface area contributed by atoms with Crippen molar-refractivity contribution in [1.82, 2.24) is 9.97 Å². The average molecular weight is 195 g/mol. The van der Waals surface area contributed by atoms with Gasteiger partial charge in [-0.25, -0.2) is 18.7 Å². The summed E-state index contributed by atoms with van der Waals surface area (Å²) in [7, 11) is 0. The molecule has 72 valence electrons. The molecule has 0 aliphatic carbocycles. The zero-order valence-corrected chi connectivity index (χ0v) is 6.22. The molecule has 3 nitrogen and oxygen atoms in total. The molecule has 0 aliphatic heterocycles. The van der Waals surface area contributed by atoms with Gasteiger partial charge in [0.25, 0.3) is 0 Å². The van der Waals surface area contributed by atoms with Crippen molar-refractivity contribution in [2.45, 2.75) is 12.3 Å². The van der Waals surface area contributed by atoms with E-state index in [1.807, 2.05) is 0 Å². The molecule has 0 atom stereocenters. The lowest BCUT2D eigenvalue weighted by Crippen LogP contribution is -2.25. The summed E-state index contributed by atoms with van der Waals surface area (Å²) in [5, 5.41) is 0. The Morgan fingerprint density at radius 3 is 2.46 bits per heavy atom. The van der Waals surface area contributed by atoms with E-state index in [9.17, 15) is 17.6 Å². The molecule has 0 unspecified atom stereocenters. The summed E-state index contributed by atoms with van der Waals surface area (Å²) in [4.78, 5) is 6.30. The summed E-state index contributed by atoms with van der Waals surface area (Å²) in [5.74, 6) is -4.74. The second-order valence-corrected chi connectivity index (χ2v) is 2.22. The van der Waals surface area contributed by atoms with Crippen molar-refractivity contribution in [3.8, 4) is 0 Å². The van der Waals surface area contributed by atoms with Crippen LogP contribution in [0.25, 0.3) is 0 Å². The molecule has 1 aromatic heterocycles. The van der Waals surface area contributed by atoms with Gasteiger partial charge in [0.05, 0.1) is 0 Å². The molecule has 0 saturated carbocycles. The van der Waals surface area contributed by atoms with Gasteiger partial charge in [0.15, 0.2) is 0 Å². The quantitative estimate of drug-likeness (QED) is 0.726. The topological polar surface area (TPSA) is 51.8 Å². The third-order valence-corrected chi connectivity index (χ3v) is 1.29. The van der Waals surface area contributed by atoms with Crippen LogP contribution in [0.3, 0.4) is 0 Å². The van der Waals surface area contributed by atoms with Crippen LogP contribution in [-0.2, 0) is 5.92 Å². The number of alkyl halides is 4. The van der Waals surface area contributed by atoms with E-state index in [0.717, 1.165) is 6.20 Å². The number of hydrogen-bond donors (Lipinski definition) is 1. The first-order valence-corrected chi connectivity index (χ1v) is 3.19. The van der Waals surface area contributed by atoms with Crippen molar-refractivity contribution in [3.63, 3.8) is 0 Å². The molecule has 2 N–H and O–H groups in total. The Hall–Kier alpha value is -1.40. The number of hydrogen-bond acceptors (Lipinski definition) is 3. The smallest absolute Gasteiger partial charge is 0.349 e. The second kappa shape index (κ2) is 3.15. The van der Waals surface area contributed by atoms with Gasteiger partial charge in [-0.05, 0) is 6.07 Å². The lowest BCUT2D eigenvalue weighted by molar-refractivity contribution is -0.137. The largest absolute Gasteiger partial charge is 0.368 e. The average Bonchev–Trinajstić information content (AvgIpc) is 2.04. The SMILES string of the molecule is Nc1nccc(C(F)(F)C(F)F)n1. The van der Waals surface area contributed by atoms with Gasteiger partial charge in [0.1, 0.15) is 5.69 Å². The minimum atomic E-state index is -4.28. The lowest BCUT2D eigenvalue weighted by atomic mass is 10.2. The minimum absolute atomic E-state index is 0.460. The molecule has 7 heteroatoms. The van der Waals surface area contributed by atoms with Crippen molar-refractivity contribution in [1.29, 1.82) is 0 Å². The van der Waals surface area contributed by atoms with Gasteiger partial charge < -0.3 is 5.73 Å². The summed E-state index contributed by atoms with van der Waals surface area (Å²) in [6.45, 7) is 0. The highest BCUT2D eigenvalue weighted by Crippen LogP contribution is 2.32. The number of rotatable bonds is 2. The van der Waals surface area contributed by atoms with Crippen molar-refractivity contribution < 1.29 is 17.6 Å². The Balaban J connectivity index is 3.07. The third-order valence-electron chi connectivity index (χ3n) is 1.29. The highest BCUT2D eigenvalue weighted by molar-refractivity contribution is 5.20. The van der Waals surface area contributed by atoms with Crippen LogP contribution in [0.4, 0.5) is 23.5 Å². The molecule has 0 aromatic carbocycles. The van der Waals surface area contributed by atoms with Crippen LogP contribution < -0.4 is 5.73 Å². The fraction of sp³-hybridized carbons (Fsp3) is 0.333. The van der Waals surface area contributed by atoms with E-state index in [4.69, 9.17) is 5.73 Å². The Kier molecular flexibility index (Phi) is 2.35. The molecule has 0 amide bonds. The van der Waals surface area contributed by atoms with E-state index < -0.39 is 24.0 Å². The van der Waals surface area contributed by atoms with Crippen LogP contribution in [0.2, 0.25) is 0 Å². The Bertz CT molecular complexity index is 302. The molecule has 0 radical (unpaired) electrons. The normalized spacial score (nSPS) is 12.1. The monoisotopic (exact) mass is 195 g/mol. The predicted octanol–water partition coefficient (Wildman–Crippen LogP) is 1.42. The summed E-state index contributed by atoms with van der Waals surface area (Å²) in [6.07, 6.45) is -2.91. The number of anilines is 1. The fourth-order valence-electron chi connectivity index (χ4n) is 0.671. The van der Waals surface area contributed by atoms with E-state index >= 15 is 0 Å².